The van der Waals surface area contributed by atoms with Crippen LogP contribution in [-0.4, -0.2) is 16.0 Å². The molecule has 1 aromatic heterocycles. The minimum absolute atomic E-state index is 0.0329. The summed E-state index contributed by atoms with van der Waals surface area (Å²) in [5.74, 6) is 0.978. The van der Waals surface area contributed by atoms with E-state index in [1.807, 2.05) is 19.1 Å². The Morgan fingerprint density at radius 1 is 1.43 bits per heavy atom. The third-order valence-electron chi connectivity index (χ3n) is 3.96. The Labute approximate surface area is 123 Å². The van der Waals surface area contributed by atoms with E-state index >= 15 is 0 Å². The highest BCUT2D eigenvalue weighted by atomic mass is 16.5. The Morgan fingerprint density at radius 2 is 2.24 bits per heavy atom. The average molecular weight is 285 g/mol. The highest BCUT2D eigenvalue weighted by Crippen LogP contribution is 2.32. The zero-order valence-corrected chi connectivity index (χ0v) is 12.3. The van der Waals surface area contributed by atoms with Gasteiger partial charge in [0.05, 0.1) is 5.92 Å². The van der Waals surface area contributed by atoms with Gasteiger partial charge in [-0.15, -0.1) is 0 Å². The lowest BCUT2D eigenvalue weighted by Gasteiger charge is -2.25. The van der Waals surface area contributed by atoms with Crippen LogP contribution in [0.3, 0.4) is 0 Å². The van der Waals surface area contributed by atoms with Gasteiger partial charge in [-0.2, -0.15) is 4.98 Å². The van der Waals surface area contributed by atoms with Gasteiger partial charge in [0.25, 0.3) is 0 Å². The molecule has 1 aromatic carbocycles. The fourth-order valence-corrected chi connectivity index (χ4v) is 2.89. The molecule has 0 radical (unpaired) electrons. The SMILES string of the molecule is Cc1noc([C@H](C)NC(=O)[C@@H]2CCCc3ccccc32)n1. The van der Waals surface area contributed by atoms with E-state index < -0.39 is 0 Å². The molecule has 0 unspecified atom stereocenters. The third kappa shape index (κ3) is 2.82. The van der Waals surface area contributed by atoms with Crippen molar-refractivity contribution in [1.82, 2.24) is 15.5 Å². The molecule has 0 bridgehead atoms. The zero-order valence-electron chi connectivity index (χ0n) is 12.3. The molecule has 0 fully saturated rings. The molecule has 1 amide bonds. The van der Waals surface area contributed by atoms with Crippen LogP contribution in [0.25, 0.3) is 0 Å². The van der Waals surface area contributed by atoms with Crippen LogP contribution < -0.4 is 5.32 Å². The molecule has 0 saturated carbocycles. The summed E-state index contributed by atoms with van der Waals surface area (Å²) in [5.41, 5.74) is 2.43. The number of nitrogens with one attached hydrogen (secondary N) is 1. The number of aryl methyl sites for hydroxylation is 2. The van der Waals surface area contributed by atoms with Crippen molar-refractivity contribution in [2.45, 2.75) is 45.1 Å². The molecule has 2 aromatic rings. The fourth-order valence-electron chi connectivity index (χ4n) is 2.89. The van der Waals surface area contributed by atoms with E-state index in [9.17, 15) is 4.79 Å². The van der Waals surface area contributed by atoms with Crippen LogP contribution in [0.1, 0.15) is 54.6 Å². The normalized spacial score (nSPS) is 18.9. The second kappa shape index (κ2) is 5.68. The van der Waals surface area contributed by atoms with Crippen LogP contribution in [-0.2, 0) is 11.2 Å². The van der Waals surface area contributed by atoms with Crippen molar-refractivity contribution in [1.29, 1.82) is 0 Å². The number of aromatic nitrogens is 2. The number of carbonyl (C=O) groups is 1. The van der Waals surface area contributed by atoms with E-state index in [0.29, 0.717) is 11.7 Å². The van der Waals surface area contributed by atoms with Gasteiger partial charge in [-0.3, -0.25) is 4.79 Å². The first-order valence-electron chi connectivity index (χ1n) is 7.33. The van der Waals surface area contributed by atoms with Gasteiger partial charge in [0, 0.05) is 0 Å². The molecular formula is C16H19N3O2. The molecule has 3 rings (SSSR count). The number of rotatable bonds is 3. The maximum atomic E-state index is 12.6. The summed E-state index contributed by atoms with van der Waals surface area (Å²) in [6.07, 6.45) is 2.99. The van der Waals surface area contributed by atoms with E-state index in [4.69, 9.17) is 4.52 Å². The third-order valence-corrected chi connectivity index (χ3v) is 3.96. The minimum Gasteiger partial charge on any atom is -0.344 e. The Kier molecular flexibility index (Phi) is 3.73. The molecule has 1 aliphatic rings. The number of benzene rings is 1. The Hall–Kier alpha value is -2.17. The summed E-state index contributed by atoms with van der Waals surface area (Å²) in [5, 5.41) is 6.74. The lowest BCUT2D eigenvalue weighted by Crippen LogP contribution is -2.33. The topological polar surface area (TPSA) is 68.0 Å². The largest absolute Gasteiger partial charge is 0.344 e. The van der Waals surface area contributed by atoms with Crippen molar-refractivity contribution in [3.63, 3.8) is 0 Å². The highest BCUT2D eigenvalue weighted by molar-refractivity contribution is 5.84. The van der Waals surface area contributed by atoms with Gasteiger partial charge in [-0.1, -0.05) is 29.4 Å². The summed E-state index contributed by atoms with van der Waals surface area (Å²) in [7, 11) is 0. The summed E-state index contributed by atoms with van der Waals surface area (Å²) < 4.78 is 5.11. The van der Waals surface area contributed by atoms with Crippen LogP contribution >= 0.6 is 0 Å². The summed E-state index contributed by atoms with van der Waals surface area (Å²) in [6.45, 7) is 3.62. The van der Waals surface area contributed by atoms with Crippen molar-refractivity contribution < 1.29 is 9.32 Å². The van der Waals surface area contributed by atoms with Crippen molar-refractivity contribution >= 4 is 5.91 Å². The van der Waals surface area contributed by atoms with Crippen LogP contribution in [0, 0.1) is 6.92 Å². The predicted molar refractivity (Wildman–Crippen MR) is 77.7 cm³/mol. The van der Waals surface area contributed by atoms with Gasteiger partial charge in [-0.05, 0) is 44.2 Å². The van der Waals surface area contributed by atoms with Crippen LogP contribution in [0.15, 0.2) is 28.8 Å². The molecule has 21 heavy (non-hydrogen) atoms. The Bertz CT molecular complexity index is 650. The molecule has 5 heteroatoms. The molecule has 0 aliphatic heterocycles. The van der Waals surface area contributed by atoms with E-state index in [1.54, 1.807) is 6.92 Å². The fraction of sp³-hybridized carbons (Fsp3) is 0.438. The number of carbonyl (C=O) groups excluding carboxylic acids is 1. The van der Waals surface area contributed by atoms with E-state index in [0.717, 1.165) is 24.8 Å². The first kappa shape index (κ1) is 13.8. The van der Waals surface area contributed by atoms with E-state index in [-0.39, 0.29) is 17.9 Å². The average Bonchev–Trinajstić information content (AvgIpc) is 2.93. The van der Waals surface area contributed by atoms with Gasteiger partial charge >= 0.3 is 0 Å². The number of fused-ring (bicyclic) bond motifs is 1. The zero-order chi connectivity index (χ0) is 14.8. The van der Waals surface area contributed by atoms with Crippen molar-refractivity contribution in [2.24, 2.45) is 0 Å². The smallest absolute Gasteiger partial charge is 0.248 e. The minimum atomic E-state index is -0.271. The molecule has 2 atom stereocenters. The van der Waals surface area contributed by atoms with Crippen LogP contribution in [0.5, 0.6) is 0 Å². The first-order chi connectivity index (χ1) is 10.1. The predicted octanol–water partition coefficient (Wildman–Crippen LogP) is 2.68. The van der Waals surface area contributed by atoms with Gasteiger partial charge in [0.15, 0.2) is 5.82 Å². The summed E-state index contributed by atoms with van der Waals surface area (Å²) >= 11 is 0. The lowest BCUT2D eigenvalue weighted by molar-refractivity contribution is -0.123. The maximum absolute atomic E-state index is 12.6. The summed E-state index contributed by atoms with van der Waals surface area (Å²) in [6, 6.07) is 7.92. The van der Waals surface area contributed by atoms with E-state index in [1.165, 1.54) is 5.56 Å². The summed E-state index contributed by atoms with van der Waals surface area (Å²) in [4.78, 5) is 16.7. The maximum Gasteiger partial charge on any atom is 0.248 e. The van der Waals surface area contributed by atoms with Gasteiger partial charge < -0.3 is 9.84 Å². The second-order valence-corrected chi connectivity index (χ2v) is 5.55. The van der Waals surface area contributed by atoms with Crippen molar-refractivity contribution in [3.8, 4) is 0 Å². The standard InChI is InChI=1S/C16H19N3O2/c1-10(16-18-11(2)19-21-16)17-15(20)14-9-5-7-12-6-3-4-8-13(12)14/h3-4,6,8,10,14H,5,7,9H2,1-2H3,(H,17,20)/t10-,14+/m0/s1. The molecular weight excluding hydrogens is 266 g/mol. The van der Waals surface area contributed by atoms with Gasteiger partial charge in [0.1, 0.15) is 6.04 Å². The first-order valence-corrected chi connectivity index (χ1v) is 7.33. The number of hydrogen-bond acceptors (Lipinski definition) is 4. The molecule has 1 aliphatic carbocycles. The van der Waals surface area contributed by atoms with E-state index in [2.05, 4.69) is 27.6 Å². The van der Waals surface area contributed by atoms with Crippen molar-refractivity contribution in [2.75, 3.05) is 0 Å². The van der Waals surface area contributed by atoms with Gasteiger partial charge in [0.2, 0.25) is 11.8 Å². The molecule has 5 nitrogen and oxygen atoms in total. The van der Waals surface area contributed by atoms with Crippen molar-refractivity contribution in [3.05, 3.63) is 47.1 Å². The quantitative estimate of drug-likeness (QED) is 0.941. The Balaban J connectivity index is 1.74. The highest BCUT2D eigenvalue weighted by Gasteiger charge is 2.28. The van der Waals surface area contributed by atoms with Crippen LogP contribution in [0.4, 0.5) is 0 Å². The monoisotopic (exact) mass is 285 g/mol. The Morgan fingerprint density at radius 3 is 3.00 bits per heavy atom. The molecule has 0 saturated heterocycles. The lowest BCUT2D eigenvalue weighted by atomic mass is 9.82. The molecule has 1 heterocycles. The molecule has 110 valence electrons. The number of amides is 1. The second-order valence-electron chi connectivity index (χ2n) is 5.55. The molecule has 0 spiro atoms. The van der Waals surface area contributed by atoms with Crippen LogP contribution in [0.2, 0.25) is 0 Å². The molecule has 1 N–H and O–H groups in total. The van der Waals surface area contributed by atoms with Gasteiger partial charge in [-0.25, -0.2) is 0 Å². The number of hydrogen-bond donors (Lipinski definition) is 1. The number of nitrogens with zero attached hydrogens (tertiary/aromatic N) is 2.